The number of allylic oxidation sites excluding steroid dienone is 3. The van der Waals surface area contributed by atoms with Crippen molar-refractivity contribution in [1.82, 2.24) is 4.90 Å². The highest BCUT2D eigenvalue weighted by molar-refractivity contribution is 7.98. The third-order valence-corrected chi connectivity index (χ3v) is 10.3. The van der Waals surface area contributed by atoms with Crippen molar-refractivity contribution < 1.29 is 24.2 Å². The molecule has 4 unspecified atom stereocenters. The van der Waals surface area contributed by atoms with Crippen LogP contribution in [0.25, 0.3) is 0 Å². The molecule has 2 aliphatic carbocycles. The van der Waals surface area contributed by atoms with Crippen LogP contribution < -0.4 is 4.74 Å². The number of aliphatic carboxylic acids is 1. The normalized spacial score (nSPS) is 25.7. The number of nitrogens with zero attached hydrogens (tertiary/aromatic N) is 1. The van der Waals surface area contributed by atoms with Crippen molar-refractivity contribution in [3.63, 3.8) is 0 Å². The number of thioether (sulfide) groups is 1. The third kappa shape index (κ3) is 6.04. The van der Waals surface area contributed by atoms with Crippen molar-refractivity contribution in [3.8, 4) is 5.75 Å². The van der Waals surface area contributed by atoms with E-state index in [-0.39, 0.29) is 36.0 Å². The molecule has 1 heterocycles. The third-order valence-electron chi connectivity index (χ3n) is 9.37. The number of amides is 1. The highest BCUT2D eigenvalue weighted by atomic mass is 35.5. The molecule has 42 heavy (non-hydrogen) atoms. The largest absolute Gasteiger partial charge is 0.481 e. The smallest absolute Gasteiger partial charge is 0.415 e. The van der Waals surface area contributed by atoms with Crippen LogP contribution in [0.2, 0.25) is 5.02 Å². The Morgan fingerprint density at radius 1 is 1.07 bits per heavy atom. The predicted octanol–water partition coefficient (Wildman–Crippen LogP) is 8.02. The zero-order valence-electron chi connectivity index (χ0n) is 24.7. The lowest BCUT2D eigenvalue weighted by Gasteiger charge is -2.31. The lowest BCUT2D eigenvalue weighted by atomic mass is 9.73. The monoisotopic (exact) mass is 607 g/mol. The van der Waals surface area contributed by atoms with Crippen LogP contribution in [0.3, 0.4) is 0 Å². The van der Waals surface area contributed by atoms with Gasteiger partial charge in [0.2, 0.25) is 0 Å². The van der Waals surface area contributed by atoms with Gasteiger partial charge in [-0.05, 0) is 88.0 Å². The highest BCUT2D eigenvalue weighted by Crippen LogP contribution is 2.58. The number of carboxylic acids is 1. The number of carbonyl (C=O) groups excluding carboxylic acids is 2. The number of likely N-dealkylation sites (tertiary alicyclic amines) is 1. The number of carboxylic acid groups (broad SMARTS) is 1. The van der Waals surface area contributed by atoms with Crippen molar-refractivity contribution in [2.45, 2.75) is 45.4 Å². The molecule has 222 valence electrons. The first-order valence-corrected chi connectivity index (χ1v) is 16.1. The molecule has 1 aliphatic heterocycles. The summed E-state index contributed by atoms with van der Waals surface area (Å²) in [5.74, 6) is -0.285. The fourth-order valence-corrected chi connectivity index (χ4v) is 7.53. The zero-order valence-corrected chi connectivity index (χ0v) is 26.3. The van der Waals surface area contributed by atoms with Crippen LogP contribution in [0.5, 0.6) is 5.75 Å². The maximum atomic E-state index is 13.9. The molecule has 1 saturated carbocycles. The van der Waals surface area contributed by atoms with Crippen molar-refractivity contribution in [3.05, 3.63) is 81.9 Å². The molecule has 0 radical (unpaired) electrons. The molecular weight excluding hydrogens is 570 g/mol. The van der Waals surface area contributed by atoms with E-state index in [4.69, 9.17) is 16.3 Å². The number of ketones is 1. The van der Waals surface area contributed by atoms with Crippen LogP contribution in [0.15, 0.2) is 76.2 Å². The maximum absolute atomic E-state index is 13.9. The van der Waals surface area contributed by atoms with Gasteiger partial charge in [-0.3, -0.25) is 9.59 Å². The van der Waals surface area contributed by atoms with Crippen LogP contribution in [0.1, 0.15) is 50.9 Å². The molecule has 0 aromatic heterocycles. The summed E-state index contributed by atoms with van der Waals surface area (Å²) in [5.41, 5.74) is 3.54. The minimum absolute atomic E-state index is 0.0251. The summed E-state index contributed by atoms with van der Waals surface area (Å²) < 4.78 is 5.65. The van der Waals surface area contributed by atoms with E-state index in [1.807, 2.05) is 44.4 Å². The molecule has 2 aromatic carbocycles. The van der Waals surface area contributed by atoms with Gasteiger partial charge in [0.25, 0.3) is 0 Å². The fraction of sp³-hybridized carbons (Fsp3) is 0.441. The number of rotatable bonds is 8. The molecule has 0 spiro atoms. The summed E-state index contributed by atoms with van der Waals surface area (Å²) in [7, 11) is 0. The van der Waals surface area contributed by atoms with Gasteiger partial charge in [-0.15, -0.1) is 11.8 Å². The van der Waals surface area contributed by atoms with Gasteiger partial charge in [-0.25, -0.2) is 4.79 Å². The van der Waals surface area contributed by atoms with Crippen LogP contribution >= 0.6 is 23.4 Å². The molecule has 1 amide bonds. The standard InChI is InChI=1S/C34H38ClNO5S/c1-19-13-22(14-20(2)30(19)26-16-29(26)34(3,4)32(38)39)27-17-36(33(40)41-24-8-6-7-23(35)15-24)18-28(27)31(37)21-9-11-25(42-5)12-10-21/h6-13,15,20,26-29H,14,16-18H2,1-5H3,(H,38,39)/t20?,26?,27-,28?,29?/m1/s1. The maximum Gasteiger partial charge on any atom is 0.415 e. The number of Topliss-reactive ketones (excluding diaryl/α,β-unsaturated/α-hetero) is 1. The SMILES string of the molecule is CSc1ccc(C(=O)C2CN(C(=O)Oc3cccc(Cl)c3)C[C@@H]2C2=CC(C)=C(C3CC3C(C)(C)C(=O)O)C(C)C2)cc1. The van der Waals surface area contributed by atoms with Gasteiger partial charge in [0.1, 0.15) is 5.75 Å². The zero-order chi connectivity index (χ0) is 30.3. The molecular formula is C34H38ClNO5S. The summed E-state index contributed by atoms with van der Waals surface area (Å²) in [6, 6.07) is 14.4. The van der Waals surface area contributed by atoms with Gasteiger partial charge in [-0.1, -0.05) is 59.5 Å². The summed E-state index contributed by atoms with van der Waals surface area (Å²) in [6.07, 6.45) is 5.37. The second-order valence-corrected chi connectivity index (χ2v) is 13.8. The number of carbonyl (C=O) groups is 3. The second-order valence-electron chi connectivity index (χ2n) is 12.5. The Kier molecular flexibility index (Phi) is 8.64. The molecule has 5 atom stereocenters. The Morgan fingerprint density at radius 3 is 2.40 bits per heavy atom. The van der Waals surface area contributed by atoms with Crippen LogP contribution in [0.4, 0.5) is 4.79 Å². The van der Waals surface area contributed by atoms with E-state index in [1.54, 1.807) is 40.9 Å². The fourth-order valence-electron chi connectivity index (χ4n) is 6.94. The lowest BCUT2D eigenvalue weighted by Crippen LogP contribution is -2.32. The number of halogens is 1. The van der Waals surface area contributed by atoms with Crippen LogP contribution in [-0.2, 0) is 4.79 Å². The highest BCUT2D eigenvalue weighted by Gasteiger charge is 2.54. The number of hydrogen-bond acceptors (Lipinski definition) is 5. The first-order valence-electron chi connectivity index (χ1n) is 14.5. The van der Waals surface area contributed by atoms with Crippen molar-refractivity contribution in [1.29, 1.82) is 0 Å². The predicted molar refractivity (Wildman–Crippen MR) is 166 cm³/mol. The van der Waals surface area contributed by atoms with Gasteiger partial charge in [0.05, 0.1) is 5.41 Å². The minimum atomic E-state index is -0.764. The minimum Gasteiger partial charge on any atom is -0.481 e. The lowest BCUT2D eigenvalue weighted by molar-refractivity contribution is -0.148. The summed E-state index contributed by atoms with van der Waals surface area (Å²) in [4.78, 5) is 41.8. The van der Waals surface area contributed by atoms with Gasteiger partial charge in [-0.2, -0.15) is 0 Å². The molecule has 5 rings (SSSR count). The Balaban J connectivity index is 1.42. The van der Waals surface area contributed by atoms with E-state index in [0.717, 1.165) is 28.9 Å². The van der Waals surface area contributed by atoms with Gasteiger partial charge >= 0.3 is 12.1 Å². The summed E-state index contributed by atoms with van der Waals surface area (Å²) in [5, 5.41) is 10.2. The molecule has 3 aliphatic rings. The first-order chi connectivity index (χ1) is 19.9. The Labute approximate surface area is 257 Å². The Morgan fingerprint density at radius 2 is 1.79 bits per heavy atom. The van der Waals surface area contributed by atoms with E-state index < -0.39 is 23.4 Å². The van der Waals surface area contributed by atoms with Crippen LogP contribution in [0, 0.1) is 35.0 Å². The van der Waals surface area contributed by atoms with Gasteiger partial charge in [0.15, 0.2) is 5.78 Å². The van der Waals surface area contributed by atoms with E-state index in [2.05, 4.69) is 19.9 Å². The van der Waals surface area contributed by atoms with E-state index in [0.29, 0.717) is 22.9 Å². The molecule has 6 nitrogen and oxygen atoms in total. The van der Waals surface area contributed by atoms with Gasteiger partial charge in [0, 0.05) is 40.4 Å². The van der Waals surface area contributed by atoms with Crippen molar-refractivity contribution in [2.75, 3.05) is 19.3 Å². The summed E-state index contributed by atoms with van der Waals surface area (Å²) >= 11 is 7.71. The number of hydrogen-bond donors (Lipinski definition) is 1. The van der Waals surface area contributed by atoms with Gasteiger partial charge < -0.3 is 14.7 Å². The topological polar surface area (TPSA) is 83.9 Å². The Bertz CT molecular complexity index is 1460. The van der Waals surface area contributed by atoms with Crippen molar-refractivity contribution >= 4 is 41.2 Å². The molecule has 8 heteroatoms. The quantitative estimate of drug-likeness (QED) is 0.242. The molecule has 2 fully saturated rings. The Hall–Kier alpha value is -3.03. The second kappa shape index (κ2) is 11.9. The number of ether oxygens (including phenoxy) is 1. The van der Waals surface area contributed by atoms with E-state index >= 15 is 0 Å². The molecule has 1 N–H and O–H groups in total. The van der Waals surface area contributed by atoms with E-state index in [1.165, 1.54) is 5.57 Å². The average Bonchev–Trinajstić information content (AvgIpc) is 3.61. The van der Waals surface area contributed by atoms with Crippen LogP contribution in [-0.4, -0.2) is 47.2 Å². The molecule has 2 aromatic rings. The average molecular weight is 608 g/mol. The van der Waals surface area contributed by atoms with E-state index in [9.17, 15) is 19.5 Å². The summed E-state index contributed by atoms with van der Waals surface area (Å²) in [6.45, 7) is 8.60. The molecule has 1 saturated heterocycles. The molecule has 0 bridgehead atoms. The number of benzene rings is 2. The van der Waals surface area contributed by atoms with Crippen molar-refractivity contribution in [2.24, 2.45) is 35.0 Å². The first kappa shape index (κ1) is 30.4.